The number of rotatable bonds is 4. The lowest BCUT2D eigenvalue weighted by atomic mass is 10.2. The van der Waals surface area contributed by atoms with Crippen molar-refractivity contribution in [2.75, 3.05) is 0 Å². The topological polar surface area (TPSA) is 95.4 Å². The molecule has 0 saturated heterocycles. The zero-order chi connectivity index (χ0) is 10.6. The van der Waals surface area contributed by atoms with Gasteiger partial charge >= 0.3 is 0 Å². The molecule has 5 nitrogen and oxygen atoms in total. The number of carbonyl (C=O) groups excluding carboxylic acids is 2. The van der Waals surface area contributed by atoms with E-state index < -0.39 is 12.1 Å². The molecule has 1 unspecified atom stereocenters. The maximum atomic E-state index is 10.5. The van der Waals surface area contributed by atoms with Crippen LogP contribution >= 0.6 is 0 Å². The van der Waals surface area contributed by atoms with Crippen LogP contribution in [0.4, 0.5) is 0 Å². The number of carbonyl (C=O) groups is 2. The fraction of sp³-hybridized carbons (Fsp3) is 0.111. The molecule has 1 aromatic carbocycles. The van der Waals surface area contributed by atoms with E-state index in [1.165, 1.54) is 12.1 Å². The number of ether oxygens (including phenoxy) is 1. The van der Waals surface area contributed by atoms with Crippen LogP contribution in [0.2, 0.25) is 0 Å². The van der Waals surface area contributed by atoms with Crippen molar-refractivity contribution in [2.24, 2.45) is 11.5 Å². The predicted molar refractivity (Wildman–Crippen MR) is 49.6 cm³/mol. The lowest BCUT2D eigenvalue weighted by Crippen LogP contribution is -2.41. The fourth-order valence-corrected chi connectivity index (χ4v) is 0.830. The summed E-state index contributed by atoms with van der Waals surface area (Å²) in [7, 11) is 0. The average molecular weight is 194 g/mol. The minimum Gasteiger partial charge on any atom is -0.466 e. The van der Waals surface area contributed by atoms with Gasteiger partial charge in [0.15, 0.2) is 0 Å². The van der Waals surface area contributed by atoms with Gasteiger partial charge in [-0.05, 0) is 24.3 Å². The summed E-state index contributed by atoms with van der Waals surface area (Å²) in [5.41, 5.74) is 10.7. The predicted octanol–water partition coefficient (Wildman–Crippen LogP) is -0.352. The van der Waals surface area contributed by atoms with Gasteiger partial charge in [0.1, 0.15) is 12.0 Å². The smallest absolute Gasteiger partial charge is 0.273 e. The molecular formula is C9H10N2O3. The highest BCUT2D eigenvalue weighted by Crippen LogP contribution is 2.11. The normalized spacial score (nSPS) is 11.8. The molecule has 1 rings (SSSR count). The first-order chi connectivity index (χ1) is 6.63. The summed E-state index contributed by atoms with van der Waals surface area (Å²) >= 11 is 0. The van der Waals surface area contributed by atoms with Crippen LogP contribution in [-0.4, -0.2) is 18.4 Å². The highest BCUT2D eigenvalue weighted by molar-refractivity contribution is 5.78. The van der Waals surface area contributed by atoms with Crippen LogP contribution < -0.4 is 16.2 Å². The summed E-state index contributed by atoms with van der Waals surface area (Å²) in [6.07, 6.45) is -0.463. The number of amides is 1. The van der Waals surface area contributed by atoms with Crippen molar-refractivity contribution in [1.29, 1.82) is 0 Å². The molecule has 1 atom stereocenters. The Bertz CT molecular complexity index is 334. The van der Waals surface area contributed by atoms with Gasteiger partial charge < -0.3 is 10.5 Å². The van der Waals surface area contributed by atoms with E-state index in [-0.39, 0.29) is 0 Å². The Labute approximate surface area is 80.6 Å². The van der Waals surface area contributed by atoms with E-state index in [1.807, 2.05) is 0 Å². The van der Waals surface area contributed by atoms with Gasteiger partial charge in [0.25, 0.3) is 5.91 Å². The maximum absolute atomic E-state index is 10.5. The lowest BCUT2D eigenvalue weighted by molar-refractivity contribution is -0.124. The quantitative estimate of drug-likeness (QED) is 0.505. The van der Waals surface area contributed by atoms with Gasteiger partial charge in [-0.2, -0.15) is 0 Å². The molecule has 5 heteroatoms. The van der Waals surface area contributed by atoms with Crippen molar-refractivity contribution < 1.29 is 14.3 Å². The molecule has 0 radical (unpaired) electrons. The van der Waals surface area contributed by atoms with E-state index in [2.05, 4.69) is 0 Å². The van der Waals surface area contributed by atoms with Crippen LogP contribution in [0.5, 0.6) is 5.75 Å². The van der Waals surface area contributed by atoms with Gasteiger partial charge in [-0.3, -0.25) is 15.3 Å². The zero-order valence-electron chi connectivity index (χ0n) is 7.34. The number of benzene rings is 1. The van der Waals surface area contributed by atoms with Crippen molar-refractivity contribution in [2.45, 2.75) is 6.23 Å². The molecule has 0 aliphatic rings. The Balaban J connectivity index is 2.68. The van der Waals surface area contributed by atoms with Crippen molar-refractivity contribution in [3.63, 3.8) is 0 Å². The Morgan fingerprint density at radius 2 is 1.93 bits per heavy atom. The summed E-state index contributed by atoms with van der Waals surface area (Å²) in [6.45, 7) is 0. The van der Waals surface area contributed by atoms with Gasteiger partial charge in [-0.1, -0.05) is 0 Å². The highest BCUT2D eigenvalue weighted by Gasteiger charge is 2.09. The number of hydrogen-bond acceptors (Lipinski definition) is 4. The number of primary amides is 1. The largest absolute Gasteiger partial charge is 0.466 e. The van der Waals surface area contributed by atoms with E-state index >= 15 is 0 Å². The molecule has 0 fully saturated rings. The first-order valence-corrected chi connectivity index (χ1v) is 3.90. The van der Waals surface area contributed by atoms with Gasteiger partial charge in [-0.25, -0.2) is 0 Å². The van der Waals surface area contributed by atoms with E-state index in [0.717, 1.165) is 0 Å². The van der Waals surface area contributed by atoms with E-state index in [9.17, 15) is 9.59 Å². The summed E-state index contributed by atoms with van der Waals surface area (Å²) < 4.78 is 4.96. The third-order valence-electron chi connectivity index (χ3n) is 1.56. The fourth-order valence-electron chi connectivity index (χ4n) is 0.830. The van der Waals surface area contributed by atoms with Crippen molar-refractivity contribution in [3.05, 3.63) is 29.8 Å². The monoisotopic (exact) mass is 194 g/mol. The lowest BCUT2D eigenvalue weighted by Gasteiger charge is -2.10. The van der Waals surface area contributed by atoms with Gasteiger partial charge in [-0.15, -0.1) is 0 Å². The van der Waals surface area contributed by atoms with Crippen molar-refractivity contribution in [3.8, 4) is 5.75 Å². The number of hydrogen-bond donors (Lipinski definition) is 2. The molecule has 0 spiro atoms. The standard InChI is InChI=1S/C9H10N2O3/c10-8(13)9(11)14-7-3-1-6(5-12)2-4-7/h1-5,9H,11H2,(H2,10,13). The highest BCUT2D eigenvalue weighted by atomic mass is 16.5. The van der Waals surface area contributed by atoms with Gasteiger partial charge in [0.05, 0.1) is 0 Å². The van der Waals surface area contributed by atoms with Crippen LogP contribution in [0.3, 0.4) is 0 Å². The molecule has 14 heavy (non-hydrogen) atoms. The molecular weight excluding hydrogens is 184 g/mol. The second-order valence-corrected chi connectivity index (χ2v) is 2.63. The van der Waals surface area contributed by atoms with Crippen LogP contribution in [-0.2, 0) is 4.79 Å². The second kappa shape index (κ2) is 4.38. The molecule has 0 saturated carbocycles. The second-order valence-electron chi connectivity index (χ2n) is 2.63. The van der Waals surface area contributed by atoms with Crippen LogP contribution in [0.25, 0.3) is 0 Å². The van der Waals surface area contributed by atoms with E-state index in [1.54, 1.807) is 12.1 Å². The maximum Gasteiger partial charge on any atom is 0.273 e. The summed E-state index contributed by atoms with van der Waals surface area (Å²) in [4.78, 5) is 20.9. The van der Waals surface area contributed by atoms with Crippen LogP contribution in [0.1, 0.15) is 10.4 Å². The van der Waals surface area contributed by atoms with Gasteiger partial charge in [0, 0.05) is 5.56 Å². The van der Waals surface area contributed by atoms with Crippen molar-refractivity contribution >= 4 is 12.2 Å². The van der Waals surface area contributed by atoms with Gasteiger partial charge in [0.2, 0.25) is 6.23 Å². The minimum atomic E-state index is -1.17. The molecule has 1 aromatic rings. The summed E-state index contributed by atoms with van der Waals surface area (Å²) in [5.74, 6) is -0.355. The molecule has 0 aliphatic heterocycles. The molecule has 0 aliphatic carbocycles. The van der Waals surface area contributed by atoms with Crippen LogP contribution in [0, 0.1) is 0 Å². The van der Waals surface area contributed by atoms with E-state index in [0.29, 0.717) is 17.6 Å². The Hall–Kier alpha value is -1.88. The van der Waals surface area contributed by atoms with Crippen LogP contribution in [0.15, 0.2) is 24.3 Å². The third-order valence-corrected chi connectivity index (χ3v) is 1.56. The SMILES string of the molecule is NC(=O)C(N)Oc1ccc(C=O)cc1. The molecule has 0 heterocycles. The summed E-state index contributed by atoms with van der Waals surface area (Å²) in [6, 6.07) is 6.17. The molecule has 0 bridgehead atoms. The first-order valence-electron chi connectivity index (χ1n) is 3.90. The van der Waals surface area contributed by atoms with Crippen molar-refractivity contribution in [1.82, 2.24) is 0 Å². The molecule has 1 amide bonds. The molecule has 4 N–H and O–H groups in total. The zero-order valence-corrected chi connectivity index (χ0v) is 7.34. The molecule has 0 aromatic heterocycles. The van der Waals surface area contributed by atoms with E-state index in [4.69, 9.17) is 16.2 Å². The average Bonchev–Trinajstić information content (AvgIpc) is 2.19. The first kappa shape index (κ1) is 10.2. The Kier molecular flexibility index (Phi) is 3.19. The Morgan fingerprint density at radius 1 is 1.36 bits per heavy atom. The molecule has 74 valence electrons. The summed E-state index contributed by atoms with van der Waals surface area (Å²) in [5, 5.41) is 0. The number of aldehydes is 1. The third kappa shape index (κ3) is 2.56. The Morgan fingerprint density at radius 3 is 2.36 bits per heavy atom. The minimum absolute atomic E-state index is 0.391. The number of nitrogens with two attached hydrogens (primary N) is 2.